The Morgan fingerprint density at radius 3 is 2.36 bits per heavy atom. The van der Waals surface area contributed by atoms with Crippen molar-refractivity contribution in [1.82, 2.24) is 0 Å². The molecule has 0 aliphatic carbocycles. The van der Waals surface area contributed by atoms with Crippen LogP contribution in [0.2, 0.25) is 0 Å². The van der Waals surface area contributed by atoms with Gasteiger partial charge in [0.15, 0.2) is 0 Å². The predicted octanol–water partition coefficient (Wildman–Crippen LogP) is 5.32. The van der Waals surface area contributed by atoms with Crippen molar-refractivity contribution in [2.24, 2.45) is 0 Å². The van der Waals surface area contributed by atoms with E-state index in [1.165, 1.54) is 0 Å². The Morgan fingerprint density at radius 1 is 1.14 bits per heavy atom. The first-order chi connectivity index (χ1) is 10.6. The minimum Gasteiger partial charge on any atom is -0.308 e. The summed E-state index contributed by atoms with van der Waals surface area (Å²) in [7, 11) is -3.41. The van der Waals surface area contributed by atoms with Gasteiger partial charge in [-0.3, -0.25) is 4.57 Å². The fourth-order valence-electron chi connectivity index (χ4n) is 2.26. The van der Waals surface area contributed by atoms with Crippen molar-refractivity contribution in [3.05, 3.63) is 48.0 Å². The minimum atomic E-state index is -3.41. The summed E-state index contributed by atoms with van der Waals surface area (Å²) in [5.41, 5.74) is 0.774. The van der Waals surface area contributed by atoms with Gasteiger partial charge in [0, 0.05) is 0 Å². The van der Waals surface area contributed by atoms with Crippen LogP contribution in [0.4, 0.5) is 0 Å². The van der Waals surface area contributed by atoms with Gasteiger partial charge in [0.2, 0.25) is 0 Å². The van der Waals surface area contributed by atoms with Crippen LogP contribution in [0.15, 0.2) is 42.5 Å². The van der Waals surface area contributed by atoms with Gasteiger partial charge in [-0.15, -0.1) is 0 Å². The topological polar surface area (TPSA) is 59.3 Å². The lowest BCUT2D eigenvalue weighted by Crippen LogP contribution is -2.04. The second-order valence-corrected chi connectivity index (χ2v) is 7.89. The highest BCUT2D eigenvalue weighted by atomic mass is 32.2. The maximum atomic E-state index is 13.0. The van der Waals surface area contributed by atoms with Gasteiger partial charge < -0.3 is 9.05 Å². The third-order valence-corrected chi connectivity index (χ3v) is 6.93. The van der Waals surface area contributed by atoms with E-state index < -0.39 is 12.6 Å². The molecule has 0 heterocycles. The molecule has 0 aromatic heterocycles. The number of thioether (sulfide) groups is 1. The van der Waals surface area contributed by atoms with Gasteiger partial charge in [-0.1, -0.05) is 36.4 Å². The quantitative estimate of drug-likeness (QED) is 0.506. The van der Waals surface area contributed by atoms with Crippen LogP contribution in [-0.2, 0) is 13.6 Å². The highest BCUT2D eigenvalue weighted by Crippen LogP contribution is 2.65. The molecule has 0 amide bonds. The van der Waals surface area contributed by atoms with E-state index in [1.54, 1.807) is 13.8 Å². The first-order valence-corrected chi connectivity index (χ1v) is 9.56. The Morgan fingerprint density at radius 2 is 1.77 bits per heavy atom. The number of hydrogen-bond acceptors (Lipinski definition) is 5. The van der Waals surface area contributed by atoms with Crippen LogP contribution in [-0.4, -0.2) is 13.2 Å². The standard InChI is InChI=1S/C16H18NO3PS/c1-3-19-21(18,20-4-2)16(22-12-17)15-10-9-13-7-5-6-8-14(13)11-15/h5-11,16H,3-4H2,1-2H3. The molecule has 6 heteroatoms. The molecule has 2 aromatic carbocycles. The summed E-state index contributed by atoms with van der Waals surface area (Å²) in [5.74, 6) is 0. The molecule has 0 aliphatic heterocycles. The largest absolute Gasteiger partial charge is 0.349 e. The molecule has 0 bridgehead atoms. The minimum absolute atomic E-state index is 0.271. The normalized spacial score (nSPS) is 13.0. The number of hydrogen-bond donors (Lipinski definition) is 0. The molecule has 1 unspecified atom stereocenters. The van der Waals surface area contributed by atoms with Crippen molar-refractivity contribution >= 4 is 30.1 Å². The molecule has 2 aromatic rings. The van der Waals surface area contributed by atoms with Gasteiger partial charge in [0.1, 0.15) is 10.4 Å². The van der Waals surface area contributed by atoms with E-state index in [2.05, 4.69) is 0 Å². The fraction of sp³-hybridized carbons (Fsp3) is 0.312. The Balaban J connectivity index is 2.48. The van der Waals surface area contributed by atoms with Gasteiger partial charge >= 0.3 is 7.60 Å². The highest BCUT2D eigenvalue weighted by molar-refractivity contribution is 8.08. The molecule has 1 atom stereocenters. The zero-order valence-electron chi connectivity index (χ0n) is 12.6. The molecule has 0 N–H and O–H groups in total. The Labute approximate surface area is 135 Å². The Kier molecular flexibility index (Phi) is 6.05. The van der Waals surface area contributed by atoms with Gasteiger partial charge in [-0.25, -0.2) is 0 Å². The predicted molar refractivity (Wildman–Crippen MR) is 90.8 cm³/mol. The highest BCUT2D eigenvalue weighted by Gasteiger charge is 2.37. The molecule has 116 valence electrons. The van der Waals surface area contributed by atoms with Crippen molar-refractivity contribution in [3.63, 3.8) is 0 Å². The number of rotatable bonds is 7. The van der Waals surface area contributed by atoms with E-state index in [0.29, 0.717) is 0 Å². The van der Waals surface area contributed by atoms with Crippen LogP contribution >= 0.6 is 19.4 Å². The Hall–Kier alpha value is -1.31. The van der Waals surface area contributed by atoms with E-state index in [9.17, 15) is 4.57 Å². The lowest BCUT2D eigenvalue weighted by molar-refractivity contribution is 0.218. The number of thiocyanates is 1. The third-order valence-electron chi connectivity index (χ3n) is 3.13. The van der Waals surface area contributed by atoms with E-state index in [-0.39, 0.29) is 13.2 Å². The molecule has 0 saturated heterocycles. The van der Waals surface area contributed by atoms with Crippen LogP contribution in [0, 0.1) is 10.7 Å². The van der Waals surface area contributed by atoms with Crippen molar-refractivity contribution in [1.29, 1.82) is 5.26 Å². The van der Waals surface area contributed by atoms with Gasteiger partial charge in [0.05, 0.1) is 13.2 Å². The van der Waals surface area contributed by atoms with E-state index in [0.717, 1.165) is 28.1 Å². The molecule has 0 radical (unpaired) electrons. The molecule has 22 heavy (non-hydrogen) atoms. The average molecular weight is 335 g/mol. The molecular weight excluding hydrogens is 317 g/mol. The van der Waals surface area contributed by atoms with Gasteiger partial charge in [-0.2, -0.15) is 5.26 Å². The molecule has 4 nitrogen and oxygen atoms in total. The first-order valence-electron chi connectivity index (χ1n) is 7.06. The molecule has 0 spiro atoms. The van der Waals surface area contributed by atoms with Crippen LogP contribution in [0.1, 0.15) is 24.4 Å². The average Bonchev–Trinajstić information content (AvgIpc) is 2.52. The maximum absolute atomic E-state index is 13.0. The fourth-order valence-corrected chi connectivity index (χ4v) is 5.26. The van der Waals surface area contributed by atoms with E-state index >= 15 is 0 Å². The van der Waals surface area contributed by atoms with Crippen molar-refractivity contribution in [2.75, 3.05) is 13.2 Å². The Bertz CT molecular complexity index is 719. The summed E-state index contributed by atoms with van der Waals surface area (Å²) < 4.78 is 23.8. The van der Waals surface area contributed by atoms with Crippen LogP contribution < -0.4 is 0 Å². The van der Waals surface area contributed by atoms with Gasteiger partial charge in [0.25, 0.3) is 0 Å². The molecule has 2 rings (SSSR count). The number of fused-ring (bicyclic) bond motifs is 1. The number of nitrogens with zero attached hydrogens (tertiary/aromatic N) is 1. The van der Waals surface area contributed by atoms with Crippen molar-refractivity contribution in [2.45, 2.75) is 18.8 Å². The maximum Gasteiger partial charge on any atom is 0.349 e. The lowest BCUT2D eigenvalue weighted by atomic mass is 10.1. The van der Waals surface area contributed by atoms with Crippen molar-refractivity contribution in [3.8, 4) is 5.40 Å². The molecule has 0 saturated carbocycles. The zero-order chi connectivity index (χ0) is 16.0. The molecule has 0 aliphatic rings. The van der Waals surface area contributed by atoms with Crippen LogP contribution in [0.25, 0.3) is 10.8 Å². The summed E-state index contributed by atoms with van der Waals surface area (Å²) in [6.45, 7) is 4.07. The summed E-state index contributed by atoms with van der Waals surface area (Å²) in [6.07, 6.45) is 0. The SMILES string of the molecule is CCOP(=O)(OCC)C(SC#N)c1ccc2ccccc2c1. The van der Waals surface area contributed by atoms with Crippen molar-refractivity contribution < 1.29 is 13.6 Å². The van der Waals surface area contributed by atoms with E-state index in [1.807, 2.05) is 47.9 Å². The lowest BCUT2D eigenvalue weighted by Gasteiger charge is -2.24. The smallest absolute Gasteiger partial charge is 0.308 e. The second-order valence-electron chi connectivity index (χ2n) is 4.54. The summed E-state index contributed by atoms with van der Waals surface area (Å²) in [4.78, 5) is -0.651. The summed E-state index contributed by atoms with van der Waals surface area (Å²) >= 11 is 0.917. The molecular formula is C16H18NO3PS. The number of nitriles is 1. The summed E-state index contributed by atoms with van der Waals surface area (Å²) in [6, 6.07) is 13.7. The first kappa shape index (κ1) is 17.1. The third kappa shape index (κ3) is 3.71. The van der Waals surface area contributed by atoms with Crippen LogP contribution in [0.5, 0.6) is 0 Å². The molecule has 0 fully saturated rings. The van der Waals surface area contributed by atoms with Crippen LogP contribution in [0.3, 0.4) is 0 Å². The second kappa shape index (κ2) is 7.80. The van der Waals surface area contributed by atoms with E-state index in [4.69, 9.17) is 14.3 Å². The summed E-state index contributed by atoms with van der Waals surface area (Å²) in [5, 5.41) is 13.2. The van der Waals surface area contributed by atoms with Gasteiger partial charge in [-0.05, 0) is 48.0 Å². The monoisotopic (exact) mass is 335 g/mol. The zero-order valence-corrected chi connectivity index (χ0v) is 14.3. The number of benzene rings is 2.